The lowest BCUT2D eigenvalue weighted by atomic mass is 10.3. The zero-order valence-corrected chi connectivity index (χ0v) is 11.5. The molecule has 5 nitrogen and oxygen atoms in total. The molecule has 0 saturated carbocycles. The van der Waals surface area contributed by atoms with Crippen molar-refractivity contribution in [2.45, 2.75) is 0 Å². The third-order valence-corrected chi connectivity index (χ3v) is 2.68. The van der Waals surface area contributed by atoms with E-state index in [4.69, 9.17) is 0 Å². The van der Waals surface area contributed by atoms with Gasteiger partial charge < -0.3 is 10.2 Å². The summed E-state index contributed by atoms with van der Waals surface area (Å²) in [5.74, 6) is -0.959. The van der Waals surface area contributed by atoms with Gasteiger partial charge in [0.25, 0.3) is 0 Å². The van der Waals surface area contributed by atoms with Crippen molar-refractivity contribution in [1.29, 1.82) is 0 Å². The highest BCUT2D eigenvalue weighted by Crippen LogP contribution is 2.21. The second-order valence-electron chi connectivity index (χ2n) is 3.58. The Morgan fingerprint density at radius 3 is 2.67 bits per heavy atom. The molecule has 2 N–H and O–H groups in total. The molecular formula is C11H13BrFN3O2. The maximum Gasteiger partial charge on any atom is 0.321 e. The van der Waals surface area contributed by atoms with Gasteiger partial charge in [-0.15, -0.1) is 0 Å². The standard InChI is InChI=1S/C11H13BrFN3O2/c1-14-11(18)15-10(17)6-16(2)9-4-3-7(12)5-8(9)13/h3-5H,6H2,1-2H3,(H2,14,15,17,18). The molecule has 0 saturated heterocycles. The molecule has 98 valence electrons. The Morgan fingerprint density at radius 2 is 2.11 bits per heavy atom. The topological polar surface area (TPSA) is 61.4 Å². The lowest BCUT2D eigenvalue weighted by molar-refractivity contribution is -0.118. The van der Waals surface area contributed by atoms with E-state index >= 15 is 0 Å². The van der Waals surface area contributed by atoms with Crippen molar-refractivity contribution >= 4 is 33.6 Å². The zero-order chi connectivity index (χ0) is 13.7. The smallest absolute Gasteiger partial charge is 0.321 e. The molecule has 0 aliphatic rings. The molecule has 0 aliphatic carbocycles. The van der Waals surface area contributed by atoms with Crippen molar-refractivity contribution in [1.82, 2.24) is 10.6 Å². The van der Waals surface area contributed by atoms with E-state index in [2.05, 4.69) is 26.6 Å². The Bertz CT molecular complexity index is 468. The molecule has 0 aromatic heterocycles. The fourth-order valence-corrected chi connectivity index (χ4v) is 1.65. The number of carbonyl (C=O) groups is 2. The van der Waals surface area contributed by atoms with Gasteiger partial charge in [0.15, 0.2) is 0 Å². The molecule has 3 amide bonds. The number of rotatable bonds is 3. The van der Waals surface area contributed by atoms with Crippen molar-refractivity contribution in [2.24, 2.45) is 0 Å². The van der Waals surface area contributed by atoms with E-state index in [-0.39, 0.29) is 12.2 Å². The number of hydrogen-bond donors (Lipinski definition) is 2. The van der Waals surface area contributed by atoms with E-state index in [1.807, 2.05) is 0 Å². The summed E-state index contributed by atoms with van der Waals surface area (Å²) < 4.78 is 14.2. The second kappa shape index (κ2) is 6.34. The Balaban J connectivity index is 2.67. The van der Waals surface area contributed by atoms with Gasteiger partial charge in [-0.1, -0.05) is 15.9 Å². The Kier molecular flexibility index (Phi) is 5.08. The summed E-state index contributed by atoms with van der Waals surface area (Å²) in [5, 5.41) is 4.36. The van der Waals surface area contributed by atoms with Crippen molar-refractivity contribution < 1.29 is 14.0 Å². The maximum absolute atomic E-state index is 13.6. The van der Waals surface area contributed by atoms with Crippen molar-refractivity contribution in [3.8, 4) is 0 Å². The highest BCUT2D eigenvalue weighted by atomic mass is 79.9. The molecule has 1 rings (SSSR count). The van der Waals surface area contributed by atoms with Crippen LogP contribution in [0.15, 0.2) is 22.7 Å². The molecule has 0 spiro atoms. The monoisotopic (exact) mass is 317 g/mol. The summed E-state index contributed by atoms with van der Waals surface area (Å²) in [6.07, 6.45) is 0. The predicted octanol–water partition coefficient (Wildman–Crippen LogP) is 1.48. The molecule has 0 heterocycles. The highest BCUT2D eigenvalue weighted by molar-refractivity contribution is 9.10. The first-order valence-corrected chi connectivity index (χ1v) is 5.91. The quantitative estimate of drug-likeness (QED) is 0.887. The fraction of sp³-hybridized carbons (Fsp3) is 0.273. The third kappa shape index (κ3) is 3.99. The molecule has 1 aromatic rings. The van der Waals surface area contributed by atoms with Crippen LogP contribution in [-0.2, 0) is 4.79 Å². The molecule has 0 bridgehead atoms. The number of halogens is 2. The van der Waals surface area contributed by atoms with Crippen LogP contribution in [0.25, 0.3) is 0 Å². The van der Waals surface area contributed by atoms with Crippen LogP contribution in [0.1, 0.15) is 0 Å². The fourth-order valence-electron chi connectivity index (χ4n) is 1.32. The van der Waals surface area contributed by atoms with Crippen LogP contribution in [0.4, 0.5) is 14.9 Å². The summed E-state index contributed by atoms with van der Waals surface area (Å²) in [5.41, 5.74) is 0.283. The summed E-state index contributed by atoms with van der Waals surface area (Å²) in [6.45, 7) is -0.119. The Hall–Kier alpha value is -1.63. The second-order valence-corrected chi connectivity index (χ2v) is 4.49. The summed E-state index contributed by atoms with van der Waals surface area (Å²) in [7, 11) is 2.97. The van der Waals surface area contributed by atoms with Gasteiger partial charge in [0.05, 0.1) is 12.2 Å². The van der Waals surface area contributed by atoms with E-state index in [0.717, 1.165) is 0 Å². The van der Waals surface area contributed by atoms with Gasteiger partial charge in [-0.05, 0) is 18.2 Å². The summed E-state index contributed by atoms with van der Waals surface area (Å²) >= 11 is 3.15. The number of anilines is 1. The van der Waals surface area contributed by atoms with Gasteiger partial charge in [-0.2, -0.15) is 0 Å². The van der Waals surface area contributed by atoms with Gasteiger partial charge in [0.1, 0.15) is 5.82 Å². The molecule has 0 atom stereocenters. The van der Waals surface area contributed by atoms with Crippen molar-refractivity contribution in [3.05, 3.63) is 28.5 Å². The van der Waals surface area contributed by atoms with Crippen LogP contribution in [0.2, 0.25) is 0 Å². The third-order valence-electron chi connectivity index (χ3n) is 2.18. The number of hydrogen-bond acceptors (Lipinski definition) is 3. The Labute approximate surface area is 112 Å². The molecule has 0 fully saturated rings. The number of amides is 3. The lowest BCUT2D eigenvalue weighted by Gasteiger charge is -2.19. The number of urea groups is 1. The first-order valence-electron chi connectivity index (χ1n) is 5.11. The average Bonchev–Trinajstić information content (AvgIpc) is 2.28. The minimum absolute atomic E-state index is 0.119. The highest BCUT2D eigenvalue weighted by Gasteiger charge is 2.13. The number of carbonyl (C=O) groups excluding carboxylic acids is 2. The normalized spacial score (nSPS) is 9.78. The molecule has 0 radical (unpaired) electrons. The molecule has 18 heavy (non-hydrogen) atoms. The first kappa shape index (κ1) is 14.4. The minimum Gasteiger partial charge on any atom is -0.363 e. The SMILES string of the molecule is CNC(=O)NC(=O)CN(C)c1ccc(Br)cc1F. The van der Waals surface area contributed by atoms with Crippen LogP contribution >= 0.6 is 15.9 Å². The molecule has 0 aliphatic heterocycles. The van der Waals surface area contributed by atoms with Gasteiger partial charge in [0, 0.05) is 18.6 Å². The number of likely N-dealkylation sites (N-methyl/N-ethyl adjacent to an activating group) is 1. The number of imide groups is 1. The lowest BCUT2D eigenvalue weighted by Crippen LogP contribution is -2.42. The minimum atomic E-state index is -0.593. The summed E-state index contributed by atoms with van der Waals surface area (Å²) in [6, 6.07) is 3.94. The van der Waals surface area contributed by atoms with Crippen molar-refractivity contribution in [3.63, 3.8) is 0 Å². The summed E-state index contributed by atoms with van der Waals surface area (Å²) in [4.78, 5) is 23.8. The molecular weight excluding hydrogens is 305 g/mol. The molecule has 0 unspecified atom stereocenters. The number of benzene rings is 1. The van der Waals surface area contributed by atoms with Crippen LogP contribution in [-0.4, -0.2) is 32.6 Å². The molecule has 1 aromatic carbocycles. The van der Waals surface area contributed by atoms with Gasteiger partial charge in [0.2, 0.25) is 5.91 Å². The van der Waals surface area contributed by atoms with E-state index in [0.29, 0.717) is 4.47 Å². The van der Waals surface area contributed by atoms with E-state index in [1.165, 1.54) is 18.0 Å². The van der Waals surface area contributed by atoms with Gasteiger partial charge in [-0.25, -0.2) is 9.18 Å². The average molecular weight is 318 g/mol. The van der Waals surface area contributed by atoms with E-state index in [1.54, 1.807) is 19.2 Å². The largest absolute Gasteiger partial charge is 0.363 e. The van der Waals surface area contributed by atoms with Crippen LogP contribution < -0.4 is 15.5 Å². The molecule has 7 heteroatoms. The maximum atomic E-state index is 13.6. The van der Waals surface area contributed by atoms with Crippen LogP contribution in [0, 0.1) is 5.82 Å². The van der Waals surface area contributed by atoms with Crippen LogP contribution in [0.5, 0.6) is 0 Å². The number of nitrogens with one attached hydrogen (secondary N) is 2. The predicted molar refractivity (Wildman–Crippen MR) is 70.0 cm³/mol. The van der Waals surface area contributed by atoms with Gasteiger partial charge in [-0.3, -0.25) is 10.1 Å². The van der Waals surface area contributed by atoms with E-state index < -0.39 is 17.8 Å². The zero-order valence-electron chi connectivity index (χ0n) is 9.96. The van der Waals surface area contributed by atoms with E-state index in [9.17, 15) is 14.0 Å². The first-order chi connectivity index (χ1) is 8.43. The van der Waals surface area contributed by atoms with Crippen molar-refractivity contribution in [2.75, 3.05) is 25.5 Å². The Morgan fingerprint density at radius 1 is 1.44 bits per heavy atom. The van der Waals surface area contributed by atoms with Crippen LogP contribution in [0.3, 0.4) is 0 Å². The number of nitrogens with zero attached hydrogens (tertiary/aromatic N) is 1. The van der Waals surface area contributed by atoms with Gasteiger partial charge >= 0.3 is 6.03 Å².